The van der Waals surface area contributed by atoms with Crippen molar-refractivity contribution in [2.24, 2.45) is 0 Å². The number of rotatable bonds is 7. The number of thiophene rings is 1. The molecule has 2 aromatic heterocycles. The standard InChI is InChI=1S/C26H26N4O3S/c1-17(19-4-3-5-20(14-19)33-2)12-24(31)29-26-22(15-27)21-8-11-30(16-23(21)34-26)25(32)13-18-6-9-28-10-7-18/h3-7,9-10,14,17H,8,11-13,16H2,1-2H3,(H,29,31)/t17-/m0/s1. The Morgan fingerprint density at radius 1 is 1.29 bits per heavy atom. The molecule has 174 valence electrons. The van der Waals surface area contributed by atoms with Crippen LogP contribution in [0.1, 0.15) is 46.4 Å². The van der Waals surface area contributed by atoms with Gasteiger partial charge in [-0.15, -0.1) is 11.3 Å². The van der Waals surface area contributed by atoms with Crippen molar-refractivity contribution >= 4 is 28.2 Å². The van der Waals surface area contributed by atoms with Crippen molar-refractivity contribution in [3.8, 4) is 11.8 Å². The molecule has 0 spiro atoms. The number of pyridine rings is 1. The fourth-order valence-corrected chi connectivity index (χ4v) is 5.36. The summed E-state index contributed by atoms with van der Waals surface area (Å²) in [5, 5.41) is 13.3. The molecule has 7 nitrogen and oxygen atoms in total. The second kappa shape index (κ2) is 10.5. The highest BCUT2D eigenvalue weighted by molar-refractivity contribution is 7.16. The largest absolute Gasteiger partial charge is 0.497 e. The Morgan fingerprint density at radius 3 is 2.82 bits per heavy atom. The number of ether oxygens (including phenoxy) is 1. The summed E-state index contributed by atoms with van der Waals surface area (Å²) in [6, 6.07) is 13.6. The third-order valence-electron chi connectivity index (χ3n) is 6.03. The molecular weight excluding hydrogens is 448 g/mol. The maximum atomic E-state index is 12.8. The molecule has 4 rings (SSSR count). The van der Waals surface area contributed by atoms with E-state index >= 15 is 0 Å². The molecule has 1 aromatic carbocycles. The minimum absolute atomic E-state index is 0.00322. The molecule has 1 aliphatic heterocycles. The molecule has 0 aliphatic carbocycles. The van der Waals surface area contributed by atoms with Crippen molar-refractivity contribution in [1.29, 1.82) is 5.26 Å². The zero-order valence-corrected chi connectivity index (χ0v) is 20.0. The van der Waals surface area contributed by atoms with E-state index in [4.69, 9.17) is 4.74 Å². The van der Waals surface area contributed by atoms with Gasteiger partial charge in [-0.2, -0.15) is 5.26 Å². The highest BCUT2D eigenvalue weighted by Crippen LogP contribution is 2.37. The number of hydrogen-bond donors (Lipinski definition) is 1. The van der Waals surface area contributed by atoms with Crippen LogP contribution in [0, 0.1) is 11.3 Å². The third-order valence-corrected chi connectivity index (χ3v) is 7.17. The van der Waals surface area contributed by atoms with Crippen molar-refractivity contribution in [3.63, 3.8) is 0 Å². The molecule has 0 saturated carbocycles. The van der Waals surface area contributed by atoms with Gasteiger partial charge >= 0.3 is 0 Å². The van der Waals surface area contributed by atoms with Crippen molar-refractivity contribution in [2.45, 2.75) is 38.6 Å². The molecule has 34 heavy (non-hydrogen) atoms. The first-order valence-electron chi connectivity index (χ1n) is 11.1. The van der Waals surface area contributed by atoms with E-state index in [1.165, 1.54) is 11.3 Å². The molecule has 0 fully saturated rings. The third kappa shape index (κ3) is 5.26. The number of aromatic nitrogens is 1. The number of benzene rings is 1. The van der Waals surface area contributed by atoms with Gasteiger partial charge in [-0.05, 0) is 53.3 Å². The fourth-order valence-electron chi connectivity index (χ4n) is 4.13. The second-order valence-corrected chi connectivity index (χ2v) is 9.45. The number of nitrogens with one attached hydrogen (secondary N) is 1. The molecule has 8 heteroatoms. The highest BCUT2D eigenvalue weighted by Gasteiger charge is 2.27. The Balaban J connectivity index is 1.43. The highest BCUT2D eigenvalue weighted by atomic mass is 32.1. The van der Waals surface area contributed by atoms with Gasteiger partial charge in [0.25, 0.3) is 0 Å². The van der Waals surface area contributed by atoms with Gasteiger partial charge in [-0.3, -0.25) is 14.6 Å². The predicted octanol–water partition coefficient (Wildman–Crippen LogP) is 4.28. The second-order valence-electron chi connectivity index (χ2n) is 8.35. The minimum Gasteiger partial charge on any atom is -0.497 e. The van der Waals surface area contributed by atoms with Crippen LogP contribution in [0.25, 0.3) is 0 Å². The Kier molecular flexibility index (Phi) is 7.24. The number of fused-ring (bicyclic) bond motifs is 1. The monoisotopic (exact) mass is 474 g/mol. The zero-order chi connectivity index (χ0) is 24.1. The van der Waals surface area contributed by atoms with E-state index in [-0.39, 0.29) is 24.2 Å². The van der Waals surface area contributed by atoms with Gasteiger partial charge in [0, 0.05) is 30.2 Å². The van der Waals surface area contributed by atoms with E-state index in [0.717, 1.165) is 27.3 Å². The lowest BCUT2D eigenvalue weighted by molar-refractivity contribution is -0.131. The molecule has 0 bridgehead atoms. The van der Waals surface area contributed by atoms with Gasteiger partial charge < -0.3 is 15.0 Å². The average molecular weight is 475 g/mol. The maximum absolute atomic E-state index is 12.8. The van der Waals surface area contributed by atoms with Gasteiger partial charge in [-0.1, -0.05) is 19.1 Å². The first kappa shape index (κ1) is 23.5. The van der Waals surface area contributed by atoms with Gasteiger partial charge in [0.15, 0.2) is 0 Å². The van der Waals surface area contributed by atoms with Crippen LogP contribution in [0.5, 0.6) is 5.75 Å². The topological polar surface area (TPSA) is 95.3 Å². The number of anilines is 1. The Bertz CT molecular complexity index is 1230. The van der Waals surface area contributed by atoms with Crippen LogP contribution in [-0.4, -0.2) is 35.4 Å². The van der Waals surface area contributed by atoms with E-state index in [9.17, 15) is 14.9 Å². The minimum atomic E-state index is -0.143. The maximum Gasteiger partial charge on any atom is 0.227 e. The molecule has 0 radical (unpaired) electrons. The van der Waals surface area contributed by atoms with E-state index in [1.807, 2.05) is 48.2 Å². The van der Waals surface area contributed by atoms with Crippen LogP contribution in [0.15, 0.2) is 48.8 Å². The van der Waals surface area contributed by atoms with Gasteiger partial charge in [0.2, 0.25) is 11.8 Å². The van der Waals surface area contributed by atoms with Crippen molar-refractivity contribution < 1.29 is 14.3 Å². The molecule has 3 heterocycles. The first-order chi connectivity index (χ1) is 16.5. The van der Waals surface area contributed by atoms with Crippen LogP contribution in [0.2, 0.25) is 0 Å². The normalized spacial score (nSPS) is 13.5. The van der Waals surface area contributed by atoms with Crippen LogP contribution in [0.3, 0.4) is 0 Å². The van der Waals surface area contributed by atoms with E-state index in [2.05, 4.69) is 16.4 Å². The van der Waals surface area contributed by atoms with Crippen LogP contribution in [-0.2, 0) is 29.0 Å². The van der Waals surface area contributed by atoms with Crippen molar-refractivity contribution in [2.75, 3.05) is 19.0 Å². The van der Waals surface area contributed by atoms with Crippen molar-refractivity contribution in [1.82, 2.24) is 9.88 Å². The zero-order valence-electron chi connectivity index (χ0n) is 19.2. The molecule has 0 saturated heterocycles. The Morgan fingerprint density at radius 2 is 2.09 bits per heavy atom. The van der Waals surface area contributed by atoms with Crippen LogP contribution < -0.4 is 10.1 Å². The summed E-state index contributed by atoms with van der Waals surface area (Å²) in [5.41, 5.74) is 3.40. The van der Waals surface area contributed by atoms with Gasteiger partial charge in [-0.25, -0.2) is 0 Å². The fraction of sp³-hybridized carbons (Fsp3) is 0.308. The summed E-state index contributed by atoms with van der Waals surface area (Å²) in [6.45, 7) is 3.00. The Hall–Kier alpha value is -3.70. The van der Waals surface area contributed by atoms with E-state index in [0.29, 0.717) is 36.5 Å². The molecule has 1 N–H and O–H groups in total. The van der Waals surface area contributed by atoms with Gasteiger partial charge in [0.1, 0.15) is 16.8 Å². The molecule has 2 amide bonds. The number of carbonyl (C=O) groups is 2. The number of carbonyl (C=O) groups excluding carboxylic acids is 2. The summed E-state index contributed by atoms with van der Waals surface area (Å²) >= 11 is 1.39. The Labute approximate surface area is 203 Å². The quantitative estimate of drug-likeness (QED) is 0.551. The smallest absolute Gasteiger partial charge is 0.227 e. The SMILES string of the molecule is COc1cccc([C@@H](C)CC(=O)Nc2sc3c(c2C#N)CCN(C(=O)Cc2ccncc2)C3)c1. The number of nitriles is 1. The average Bonchev–Trinajstić information content (AvgIpc) is 3.20. The number of hydrogen-bond acceptors (Lipinski definition) is 6. The van der Waals surface area contributed by atoms with Crippen LogP contribution in [0.4, 0.5) is 5.00 Å². The lowest BCUT2D eigenvalue weighted by Gasteiger charge is -2.27. The summed E-state index contributed by atoms with van der Waals surface area (Å²) in [5.74, 6) is 0.652. The number of amides is 2. The van der Waals surface area contributed by atoms with Crippen molar-refractivity contribution in [3.05, 3.63) is 75.9 Å². The van der Waals surface area contributed by atoms with Crippen LogP contribution >= 0.6 is 11.3 Å². The number of methoxy groups -OCH3 is 1. The summed E-state index contributed by atoms with van der Waals surface area (Å²) < 4.78 is 5.28. The number of nitrogens with zero attached hydrogens (tertiary/aromatic N) is 3. The summed E-state index contributed by atoms with van der Waals surface area (Å²) in [4.78, 5) is 32.3. The molecule has 0 unspecified atom stereocenters. The molecule has 3 aromatic rings. The molecule has 1 atom stereocenters. The lowest BCUT2D eigenvalue weighted by Crippen LogP contribution is -2.36. The summed E-state index contributed by atoms with van der Waals surface area (Å²) in [7, 11) is 1.62. The molecular formula is C26H26N4O3S. The van der Waals surface area contributed by atoms with Gasteiger partial charge in [0.05, 0.1) is 25.6 Å². The van der Waals surface area contributed by atoms with E-state index in [1.54, 1.807) is 19.5 Å². The lowest BCUT2D eigenvalue weighted by atomic mass is 9.97. The summed E-state index contributed by atoms with van der Waals surface area (Å²) in [6.07, 6.45) is 4.57. The first-order valence-corrected chi connectivity index (χ1v) is 11.9. The molecule has 1 aliphatic rings. The van der Waals surface area contributed by atoms with E-state index < -0.39 is 0 Å². The predicted molar refractivity (Wildman–Crippen MR) is 131 cm³/mol.